The topological polar surface area (TPSA) is 372 Å². The number of benzene rings is 3. The molecule has 122 heavy (non-hydrogen) atoms. The van der Waals surface area contributed by atoms with E-state index in [0.29, 0.717) is 96.8 Å². The molecular weight excluding hydrogens is 1570 g/mol. The maximum Gasteiger partial charge on any atom is 0.328 e. The zero-order valence-electron chi connectivity index (χ0n) is 72.3. The molecule has 4 fully saturated rings. The minimum Gasteiger partial charge on any atom is -0.495 e. The number of carboxylic acids is 2. The molecule has 0 saturated carbocycles. The molecule has 3 aromatic carbocycles. The highest BCUT2D eigenvalue weighted by Crippen LogP contribution is 2.43. The SMILES string of the molecule is CCCCCCCCCCCN(C(=O)CCCCCCCCCC(=O)O)C(CCC(=O)NCCOCCOCCOCCOCCC(=O)NCC(=O)O[C@H]1CN(C(=O)Nc2cc(F)cc(-c3ncnc4[nH]c(-c5ccc(CCN6CCC7(CC6)CCN(C(=O)c6ccc(OC)c(N8CCC(=O)NC8=O)c6)CC7)cc5)cc34)c2C)C[C@@H]1CC(C)C)C(=O)O. The highest BCUT2D eigenvalue weighted by Gasteiger charge is 2.41. The van der Waals surface area contributed by atoms with Gasteiger partial charge in [-0.2, -0.15) is 0 Å². The summed E-state index contributed by atoms with van der Waals surface area (Å²) in [5.41, 5.74) is 6.42. The summed E-state index contributed by atoms with van der Waals surface area (Å²) < 4.78 is 49.6. The summed E-state index contributed by atoms with van der Waals surface area (Å²) in [6, 6.07) is 16.0. The van der Waals surface area contributed by atoms with Crippen molar-refractivity contribution in [1.82, 2.24) is 50.5 Å². The second-order valence-electron chi connectivity index (χ2n) is 33.3. The Bertz CT molecular complexity index is 4200. The van der Waals surface area contributed by atoms with E-state index in [1.165, 1.54) is 73.0 Å². The number of H-pyrrole nitrogens is 1. The van der Waals surface area contributed by atoms with Crippen LogP contribution in [-0.4, -0.2) is 248 Å². The van der Waals surface area contributed by atoms with Crippen LogP contribution in [0.25, 0.3) is 33.5 Å². The van der Waals surface area contributed by atoms with Gasteiger partial charge in [-0.3, -0.25) is 43.8 Å². The number of aliphatic carboxylic acids is 2. The summed E-state index contributed by atoms with van der Waals surface area (Å²) in [6.07, 6.45) is 22.3. The van der Waals surface area contributed by atoms with Gasteiger partial charge < -0.3 is 79.2 Å². The van der Waals surface area contributed by atoms with Gasteiger partial charge in [0, 0.05) is 112 Å². The number of nitrogens with one attached hydrogen (secondary N) is 5. The number of piperidine rings is 2. The number of carbonyl (C=O) groups excluding carboxylic acids is 8. The molecule has 4 aliphatic rings. The van der Waals surface area contributed by atoms with Crippen molar-refractivity contribution >= 4 is 81.9 Å². The molecule has 9 amide bonds. The molecule has 4 saturated heterocycles. The number of urea groups is 2. The molecule has 670 valence electrons. The van der Waals surface area contributed by atoms with Crippen molar-refractivity contribution in [1.29, 1.82) is 0 Å². The summed E-state index contributed by atoms with van der Waals surface area (Å²) in [7, 11) is 1.51. The molecule has 5 aromatic rings. The number of hydrogen-bond acceptors (Lipinski definition) is 19. The lowest BCUT2D eigenvalue weighted by molar-refractivity contribution is -0.151. The summed E-state index contributed by atoms with van der Waals surface area (Å²) >= 11 is 0. The van der Waals surface area contributed by atoms with Gasteiger partial charge in [0.1, 0.15) is 42.2 Å². The van der Waals surface area contributed by atoms with Crippen LogP contribution in [-0.2, 0) is 63.7 Å². The number of nitrogens with zero attached hydrogens (tertiary/aromatic N) is 7. The minimum absolute atomic E-state index is 0.00545. The zero-order chi connectivity index (χ0) is 87.2. The van der Waals surface area contributed by atoms with Crippen molar-refractivity contribution in [3.63, 3.8) is 0 Å². The van der Waals surface area contributed by atoms with Gasteiger partial charge in [0.05, 0.1) is 77.9 Å². The van der Waals surface area contributed by atoms with E-state index in [-0.39, 0.29) is 164 Å². The Morgan fingerprint density at radius 3 is 1.96 bits per heavy atom. The van der Waals surface area contributed by atoms with Gasteiger partial charge in [-0.15, -0.1) is 0 Å². The van der Waals surface area contributed by atoms with E-state index in [9.17, 15) is 53.1 Å². The van der Waals surface area contributed by atoms with E-state index in [2.05, 4.69) is 72.3 Å². The van der Waals surface area contributed by atoms with Crippen LogP contribution in [0, 0.1) is 30.0 Å². The number of anilines is 2. The number of methoxy groups -OCH3 is 1. The first-order valence-electron chi connectivity index (χ1n) is 44.4. The maximum atomic E-state index is 15.8. The molecule has 0 radical (unpaired) electrons. The molecular formula is C91H131FN12O18. The van der Waals surface area contributed by atoms with Crippen LogP contribution in [0.4, 0.5) is 25.4 Å². The van der Waals surface area contributed by atoms with Crippen LogP contribution in [0.2, 0.25) is 0 Å². The Morgan fingerprint density at radius 2 is 1.31 bits per heavy atom. The first kappa shape index (κ1) is 96.1. The lowest BCUT2D eigenvalue weighted by Crippen LogP contribution is -2.50. The number of imide groups is 1. The molecule has 0 aliphatic carbocycles. The first-order chi connectivity index (χ1) is 59.0. The van der Waals surface area contributed by atoms with Crippen LogP contribution < -0.4 is 30.9 Å². The Hall–Kier alpha value is -9.69. The number of carbonyl (C=O) groups is 10. The molecule has 2 aromatic heterocycles. The van der Waals surface area contributed by atoms with Gasteiger partial charge in [-0.25, -0.2) is 28.7 Å². The van der Waals surface area contributed by atoms with E-state index in [0.717, 1.165) is 114 Å². The largest absolute Gasteiger partial charge is 0.495 e. The number of halogens is 1. The Balaban J connectivity index is 0.617. The quantitative estimate of drug-likeness (QED) is 0.0140. The minimum atomic E-state index is -1.13. The third-order valence-electron chi connectivity index (χ3n) is 23.8. The Morgan fingerprint density at radius 1 is 0.680 bits per heavy atom. The summed E-state index contributed by atoms with van der Waals surface area (Å²) in [5.74, 6) is -4.06. The number of aromatic amines is 1. The number of ether oxygens (including phenoxy) is 6. The number of hydrogen-bond donors (Lipinski definition) is 7. The number of rotatable bonds is 54. The molecule has 31 heteroatoms. The van der Waals surface area contributed by atoms with Crippen molar-refractivity contribution < 1.29 is 91.0 Å². The lowest BCUT2D eigenvalue weighted by Gasteiger charge is -2.47. The molecule has 9 rings (SSSR count). The van der Waals surface area contributed by atoms with Crippen molar-refractivity contribution in [2.24, 2.45) is 17.3 Å². The maximum absolute atomic E-state index is 15.8. The molecule has 6 heterocycles. The fourth-order valence-electron chi connectivity index (χ4n) is 16.7. The molecule has 1 spiro atoms. The number of carboxylic acid groups (broad SMARTS) is 2. The third-order valence-corrected chi connectivity index (χ3v) is 23.8. The molecule has 0 bridgehead atoms. The van der Waals surface area contributed by atoms with Gasteiger partial charge >= 0.3 is 30.0 Å². The number of aromatic nitrogens is 3. The lowest BCUT2D eigenvalue weighted by atomic mass is 9.71. The smallest absolute Gasteiger partial charge is 0.328 e. The van der Waals surface area contributed by atoms with E-state index in [1.54, 1.807) is 30.0 Å². The molecule has 3 atom stereocenters. The molecule has 4 aliphatic heterocycles. The average Bonchev–Trinajstić information content (AvgIpc) is 1.58. The van der Waals surface area contributed by atoms with Crippen LogP contribution in [0.3, 0.4) is 0 Å². The van der Waals surface area contributed by atoms with Crippen LogP contribution >= 0.6 is 0 Å². The van der Waals surface area contributed by atoms with Gasteiger partial charge in [0.15, 0.2) is 0 Å². The number of amides is 9. The van der Waals surface area contributed by atoms with Gasteiger partial charge in [0.25, 0.3) is 5.91 Å². The summed E-state index contributed by atoms with van der Waals surface area (Å²) in [6.45, 7) is 14.9. The second kappa shape index (κ2) is 50.8. The number of fused-ring (bicyclic) bond motifs is 1. The normalized spacial score (nSPS) is 16.3. The Labute approximate surface area is 716 Å². The van der Waals surface area contributed by atoms with E-state index < -0.39 is 53.8 Å². The number of likely N-dealkylation sites (tertiary alicyclic amines) is 3. The monoisotopic (exact) mass is 1700 g/mol. The second-order valence-corrected chi connectivity index (χ2v) is 33.3. The predicted octanol–water partition coefficient (Wildman–Crippen LogP) is 13.1. The summed E-state index contributed by atoms with van der Waals surface area (Å²) in [4.78, 5) is 150. The molecule has 1 unspecified atom stereocenters. The fourth-order valence-corrected chi connectivity index (χ4v) is 16.7. The van der Waals surface area contributed by atoms with E-state index in [4.69, 9.17) is 33.5 Å². The first-order valence-corrected chi connectivity index (χ1v) is 44.4. The summed E-state index contributed by atoms with van der Waals surface area (Å²) in [5, 5.41) is 30.5. The van der Waals surface area contributed by atoms with Gasteiger partial charge in [-0.1, -0.05) is 129 Å². The highest BCUT2D eigenvalue weighted by molar-refractivity contribution is 6.07. The fraction of sp³-hybridized carbons (Fsp3) is 0.626. The zero-order valence-corrected chi connectivity index (χ0v) is 72.3. The van der Waals surface area contributed by atoms with Crippen molar-refractivity contribution in [2.45, 2.75) is 220 Å². The molecule has 30 nitrogen and oxygen atoms in total. The van der Waals surface area contributed by atoms with Crippen LogP contribution in [0.15, 0.2) is 67.0 Å². The number of unbranched alkanes of at least 4 members (excludes halogenated alkanes) is 14. The third kappa shape index (κ3) is 31.0. The van der Waals surface area contributed by atoms with Gasteiger partial charge in [0.2, 0.25) is 23.6 Å². The van der Waals surface area contributed by atoms with Crippen molar-refractivity contribution in [3.05, 3.63) is 89.5 Å². The van der Waals surface area contributed by atoms with E-state index in [1.807, 2.05) is 24.8 Å². The van der Waals surface area contributed by atoms with Crippen molar-refractivity contribution in [2.75, 3.05) is 142 Å². The highest BCUT2D eigenvalue weighted by atomic mass is 19.1. The van der Waals surface area contributed by atoms with E-state index >= 15 is 4.39 Å². The van der Waals surface area contributed by atoms with Crippen LogP contribution in [0.1, 0.15) is 216 Å². The number of esters is 1. The van der Waals surface area contributed by atoms with Gasteiger partial charge in [-0.05, 0) is 149 Å². The van der Waals surface area contributed by atoms with Crippen LogP contribution in [0.5, 0.6) is 5.75 Å². The molecule has 7 N–H and O–H groups in total. The standard InChI is InChI=1S/C91H131FN12O18/c1-6-7-8-9-10-11-15-18-21-40-103(82(108)22-19-16-13-12-14-17-20-23-83(109)110)75(88(113)114)29-31-79(105)93-39-48-119-50-52-121-54-53-120-51-49-118-47-34-80(106)94-60-84(111)122-78-62-102(61-69(78)55-64(2)3)89(115)98-73-58-70(92)57-71(65(73)4)85-72-59-74(97-86(72)96-63-95-85)67-26-24-66(25-27-67)32-41-100-43-35-91(36-44-100)37-45-101(46-38-91)87(112)68-28-30-77(117-5)76(56-68)104-42-33-81(107)99-90(104)116/h24-28,30,56-59,63-64,69,75,78H,6-23,29,31-55,60-62H2,1-5H3,(H,93,105)(H,94,106)(H,98,115)(H,109,110)(H,113,114)(H,95,96,97)(H,99,107,116)/t69-,75?,78-/m0/s1. The Kier molecular flexibility index (Phi) is 40.0. The predicted molar refractivity (Wildman–Crippen MR) is 461 cm³/mol. The average molecular weight is 1700 g/mol. The van der Waals surface area contributed by atoms with Crippen molar-refractivity contribution in [3.8, 4) is 28.3 Å².